The van der Waals surface area contributed by atoms with E-state index in [1.165, 1.54) is 11.1 Å². The van der Waals surface area contributed by atoms with Gasteiger partial charge in [0, 0.05) is 6.20 Å². The first-order valence-electron chi connectivity index (χ1n) is 4.08. The van der Waals surface area contributed by atoms with E-state index in [1.54, 1.807) is 25.3 Å². The summed E-state index contributed by atoms with van der Waals surface area (Å²) in [6.07, 6.45) is 3.53. The predicted octanol–water partition coefficient (Wildman–Crippen LogP) is 2.35. The maximum atomic E-state index is 12.9. The molecule has 13 heavy (non-hydrogen) atoms. The van der Waals surface area contributed by atoms with E-state index >= 15 is 0 Å². The lowest BCUT2D eigenvalue weighted by molar-refractivity contribution is 0.618. The molecule has 0 aliphatic carbocycles. The average molecular weight is 180 g/mol. The number of benzene rings is 1. The fourth-order valence-electron chi connectivity index (χ4n) is 1.04. The van der Waals surface area contributed by atoms with Gasteiger partial charge in [-0.2, -0.15) is 0 Å². The molecule has 0 saturated heterocycles. The van der Waals surface area contributed by atoms with Crippen molar-refractivity contribution in [3.63, 3.8) is 0 Å². The van der Waals surface area contributed by atoms with Crippen molar-refractivity contribution < 1.29 is 4.39 Å². The molecule has 0 aliphatic rings. The number of hydrogen-bond acceptors (Lipinski definition) is 2. The van der Waals surface area contributed by atoms with Gasteiger partial charge in [0.25, 0.3) is 0 Å². The highest BCUT2D eigenvalue weighted by atomic mass is 19.1. The second-order valence-electron chi connectivity index (χ2n) is 2.82. The molecule has 1 rings (SSSR count). The molecule has 0 aliphatic heterocycles. The molecular weight excluding hydrogens is 167 g/mol. The molecule has 2 N–H and O–H groups in total. The summed E-state index contributed by atoms with van der Waals surface area (Å²) in [6, 6.07) is 4.76. The number of rotatable bonds is 2. The second kappa shape index (κ2) is 4.05. The molecule has 0 radical (unpaired) electrons. The number of nitrogens with two attached hydrogens (primary N) is 1. The van der Waals surface area contributed by atoms with Crippen LogP contribution in [0.25, 0.3) is 0 Å². The van der Waals surface area contributed by atoms with Crippen LogP contribution in [0, 0.1) is 12.7 Å². The van der Waals surface area contributed by atoms with Crippen LogP contribution in [0.15, 0.2) is 30.5 Å². The van der Waals surface area contributed by atoms with Gasteiger partial charge in [-0.25, -0.2) is 10.2 Å². The molecule has 1 aromatic rings. The van der Waals surface area contributed by atoms with Gasteiger partial charge in [0.2, 0.25) is 0 Å². The lowest BCUT2D eigenvalue weighted by Gasteiger charge is -2.13. The first-order chi connectivity index (χ1) is 6.15. The average Bonchev–Trinajstić information content (AvgIpc) is 2.10. The molecule has 0 spiro atoms. The van der Waals surface area contributed by atoms with Crippen molar-refractivity contribution in [1.29, 1.82) is 0 Å². The Hall–Kier alpha value is -1.35. The topological polar surface area (TPSA) is 29.3 Å². The van der Waals surface area contributed by atoms with Gasteiger partial charge in [-0.1, -0.05) is 6.08 Å². The van der Waals surface area contributed by atoms with Crippen molar-refractivity contribution in [2.24, 2.45) is 5.84 Å². The Morgan fingerprint density at radius 3 is 2.69 bits per heavy atom. The Morgan fingerprint density at radius 2 is 2.15 bits per heavy atom. The summed E-state index contributed by atoms with van der Waals surface area (Å²) < 4.78 is 12.9. The fraction of sp³-hybridized carbons (Fsp3) is 0.200. The first-order valence-corrected chi connectivity index (χ1v) is 4.08. The van der Waals surface area contributed by atoms with Gasteiger partial charge in [0.15, 0.2) is 0 Å². The number of halogens is 1. The SMILES string of the molecule is C/C=C/N(N)c1ccc(F)c(C)c1. The number of hydrogen-bond donors (Lipinski definition) is 1. The van der Waals surface area contributed by atoms with Gasteiger partial charge in [-0.3, -0.25) is 5.01 Å². The molecule has 70 valence electrons. The van der Waals surface area contributed by atoms with Crippen molar-refractivity contribution in [3.05, 3.63) is 41.9 Å². The number of aryl methyl sites for hydroxylation is 1. The van der Waals surface area contributed by atoms with Crippen LogP contribution in [-0.2, 0) is 0 Å². The van der Waals surface area contributed by atoms with E-state index in [0.717, 1.165) is 5.69 Å². The molecule has 2 nitrogen and oxygen atoms in total. The normalized spacial score (nSPS) is 10.8. The summed E-state index contributed by atoms with van der Waals surface area (Å²) in [4.78, 5) is 0. The monoisotopic (exact) mass is 180 g/mol. The minimum absolute atomic E-state index is 0.211. The largest absolute Gasteiger partial charge is 0.287 e. The van der Waals surface area contributed by atoms with Gasteiger partial charge in [0.1, 0.15) is 5.82 Å². The van der Waals surface area contributed by atoms with E-state index in [9.17, 15) is 4.39 Å². The van der Waals surface area contributed by atoms with E-state index < -0.39 is 0 Å². The van der Waals surface area contributed by atoms with E-state index in [1.807, 2.05) is 13.0 Å². The molecule has 0 heterocycles. The Kier molecular flexibility index (Phi) is 3.03. The van der Waals surface area contributed by atoms with Gasteiger partial charge < -0.3 is 0 Å². The smallest absolute Gasteiger partial charge is 0.126 e. The minimum Gasteiger partial charge on any atom is -0.287 e. The lowest BCUT2D eigenvalue weighted by Crippen LogP contribution is -2.23. The third-order valence-electron chi connectivity index (χ3n) is 1.75. The van der Waals surface area contributed by atoms with Gasteiger partial charge in [0.05, 0.1) is 5.69 Å². The zero-order valence-corrected chi connectivity index (χ0v) is 7.79. The number of nitrogens with zero attached hydrogens (tertiary/aromatic N) is 1. The highest BCUT2D eigenvalue weighted by Gasteiger charge is 2.00. The Labute approximate surface area is 77.4 Å². The molecule has 0 aromatic heterocycles. The van der Waals surface area contributed by atoms with Crippen LogP contribution in [0.2, 0.25) is 0 Å². The summed E-state index contributed by atoms with van der Waals surface area (Å²) in [6.45, 7) is 3.58. The molecule has 1 aromatic carbocycles. The number of allylic oxidation sites excluding steroid dienone is 1. The highest BCUT2D eigenvalue weighted by Crippen LogP contribution is 2.15. The van der Waals surface area contributed by atoms with Gasteiger partial charge >= 0.3 is 0 Å². The van der Waals surface area contributed by atoms with E-state index in [-0.39, 0.29) is 5.82 Å². The lowest BCUT2D eigenvalue weighted by atomic mass is 10.2. The van der Waals surface area contributed by atoms with Crippen molar-refractivity contribution in [3.8, 4) is 0 Å². The maximum Gasteiger partial charge on any atom is 0.126 e. The van der Waals surface area contributed by atoms with E-state index in [4.69, 9.17) is 5.84 Å². The van der Waals surface area contributed by atoms with Crippen molar-refractivity contribution in [2.45, 2.75) is 13.8 Å². The molecular formula is C10H13FN2. The molecule has 0 saturated carbocycles. The Balaban J connectivity index is 2.96. The number of hydrazine groups is 1. The molecule has 0 bridgehead atoms. The quantitative estimate of drug-likeness (QED) is 0.559. The van der Waals surface area contributed by atoms with Crippen LogP contribution < -0.4 is 10.9 Å². The summed E-state index contributed by atoms with van der Waals surface area (Å²) in [5, 5.41) is 1.45. The standard InChI is InChI=1S/C10H13FN2/c1-3-6-13(12)9-4-5-10(11)8(2)7-9/h3-7H,12H2,1-2H3/b6-3+. The summed E-state index contributed by atoms with van der Waals surface area (Å²) in [7, 11) is 0. The van der Waals surface area contributed by atoms with Crippen LogP contribution in [-0.4, -0.2) is 0 Å². The summed E-state index contributed by atoms with van der Waals surface area (Å²) in [5.74, 6) is 5.44. The number of anilines is 1. The molecule has 0 atom stereocenters. The molecule has 0 unspecified atom stereocenters. The molecule has 0 fully saturated rings. The van der Waals surface area contributed by atoms with E-state index in [0.29, 0.717) is 5.56 Å². The van der Waals surface area contributed by atoms with E-state index in [2.05, 4.69) is 0 Å². The van der Waals surface area contributed by atoms with Crippen LogP contribution in [0.3, 0.4) is 0 Å². The predicted molar refractivity (Wildman–Crippen MR) is 52.6 cm³/mol. The molecule has 0 amide bonds. The van der Waals surface area contributed by atoms with Crippen LogP contribution in [0.4, 0.5) is 10.1 Å². The third kappa shape index (κ3) is 2.29. The Bertz CT molecular complexity index is 321. The van der Waals surface area contributed by atoms with Crippen molar-refractivity contribution in [2.75, 3.05) is 5.01 Å². The summed E-state index contributed by atoms with van der Waals surface area (Å²) in [5.41, 5.74) is 1.37. The maximum absolute atomic E-state index is 12.9. The Morgan fingerprint density at radius 1 is 1.46 bits per heavy atom. The van der Waals surface area contributed by atoms with Crippen LogP contribution >= 0.6 is 0 Å². The highest BCUT2D eigenvalue weighted by molar-refractivity contribution is 5.49. The summed E-state index contributed by atoms with van der Waals surface area (Å²) >= 11 is 0. The minimum atomic E-state index is -0.211. The zero-order valence-electron chi connectivity index (χ0n) is 7.79. The zero-order chi connectivity index (χ0) is 9.84. The van der Waals surface area contributed by atoms with Crippen molar-refractivity contribution >= 4 is 5.69 Å². The molecule has 3 heteroatoms. The van der Waals surface area contributed by atoms with Crippen LogP contribution in [0.1, 0.15) is 12.5 Å². The third-order valence-corrected chi connectivity index (χ3v) is 1.75. The van der Waals surface area contributed by atoms with Crippen molar-refractivity contribution in [1.82, 2.24) is 0 Å². The fourth-order valence-corrected chi connectivity index (χ4v) is 1.04. The van der Waals surface area contributed by atoms with Gasteiger partial charge in [-0.05, 0) is 37.6 Å². The second-order valence-corrected chi connectivity index (χ2v) is 2.82. The van der Waals surface area contributed by atoms with Gasteiger partial charge in [-0.15, -0.1) is 0 Å². The van der Waals surface area contributed by atoms with Crippen LogP contribution in [0.5, 0.6) is 0 Å². The first kappa shape index (κ1) is 9.74.